The Balaban J connectivity index is 2.38. The molecule has 0 saturated carbocycles. The molecule has 0 atom stereocenters. The minimum atomic E-state index is -0.685. The minimum Gasteiger partial charge on any atom is -0.502 e. The second kappa shape index (κ2) is 5.79. The zero-order chi connectivity index (χ0) is 14.7. The van der Waals surface area contributed by atoms with Crippen LogP contribution in [0.4, 0.5) is 15.8 Å². The van der Waals surface area contributed by atoms with Gasteiger partial charge >= 0.3 is 5.69 Å². The van der Waals surface area contributed by atoms with E-state index in [9.17, 15) is 19.6 Å². The highest BCUT2D eigenvalue weighted by atomic mass is 79.9. The lowest BCUT2D eigenvalue weighted by molar-refractivity contribution is -0.385. The Morgan fingerprint density at radius 2 is 1.95 bits per heavy atom. The molecule has 0 unspecified atom stereocenters. The van der Waals surface area contributed by atoms with E-state index < -0.39 is 16.4 Å². The number of nitrogens with zero attached hydrogens (tertiary/aromatic N) is 2. The Labute approximate surface area is 121 Å². The van der Waals surface area contributed by atoms with Gasteiger partial charge in [-0.2, -0.15) is 0 Å². The molecule has 0 saturated heterocycles. The molecule has 0 amide bonds. The third-order valence-corrected chi connectivity index (χ3v) is 2.92. The molecule has 7 heteroatoms. The molecule has 0 heterocycles. The van der Waals surface area contributed by atoms with Crippen LogP contribution in [-0.2, 0) is 0 Å². The summed E-state index contributed by atoms with van der Waals surface area (Å²) in [5.74, 6) is -0.853. The lowest BCUT2D eigenvalue weighted by Crippen LogP contribution is -1.92. The van der Waals surface area contributed by atoms with Crippen molar-refractivity contribution in [3.8, 4) is 5.75 Å². The standard InChI is InChI=1S/C13H8BrFN2O3/c14-9-5-8(13(18)12(6-9)17(19)20)7-16-11-3-1-10(15)2-4-11/h1-7,18H. The van der Waals surface area contributed by atoms with Crippen LogP contribution in [-0.4, -0.2) is 16.2 Å². The van der Waals surface area contributed by atoms with E-state index in [1.165, 1.54) is 42.6 Å². The summed E-state index contributed by atoms with van der Waals surface area (Å²) in [6.07, 6.45) is 1.28. The van der Waals surface area contributed by atoms with Crippen molar-refractivity contribution in [1.29, 1.82) is 0 Å². The molecule has 0 spiro atoms. The lowest BCUT2D eigenvalue weighted by atomic mass is 10.2. The van der Waals surface area contributed by atoms with E-state index >= 15 is 0 Å². The largest absolute Gasteiger partial charge is 0.502 e. The van der Waals surface area contributed by atoms with Crippen molar-refractivity contribution in [1.82, 2.24) is 0 Å². The molecule has 2 aromatic rings. The third-order valence-electron chi connectivity index (χ3n) is 2.46. The number of hydrogen-bond donors (Lipinski definition) is 1. The van der Waals surface area contributed by atoms with Gasteiger partial charge in [0.25, 0.3) is 0 Å². The van der Waals surface area contributed by atoms with Gasteiger partial charge in [0.05, 0.1) is 10.6 Å². The maximum atomic E-state index is 12.7. The molecule has 0 aromatic heterocycles. The summed E-state index contributed by atoms with van der Waals surface area (Å²) in [4.78, 5) is 14.1. The molecule has 20 heavy (non-hydrogen) atoms. The van der Waals surface area contributed by atoms with Crippen LogP contribution in [0.2, 0.25) is 0 Å². The van der Waals surface area contributed by atoms with E-state index in [0.717, 1.165) is 0 Å². The molecule has 102 valence electrons. The van der Waals surface area contributed by atoms with Crippen molar-refractivity contribution in [3.05, 3.63) is 62.4 Å². The summed E-state index contributed by atoms with van der Waals surface area (Å²) in [6, 6.07) is 8.09. The molecular formula is C13H8BrFN2O3. The molecule has 0 aliphatic carbocycles. The predicted octanol–water partition coefficient (Wildman–Crippen LogP) is 3.95. The molecule has 0 bridgehead atoms. The van der Waals surface area contributed by atoms with E-state index in [1.54, 1.807) is 0 Å². The van der Waals surface area contributed by atoms with Crippen molar-refractivity contribution in [2.45, 2.75) is 0 Å². The number of nitro groups is 1. The summed E-state index contributed by atoms with van der Waals surface area (Å²) in [7, 11) is 0. The summed E-state index contributed by atoms with van der Waals surface area (Å²) >= 11 is 3.12. The molecule has 0 fully saturated rings. The number of rotatable bonds is 3. The Morgan fingerprint density at radius 1 is 1.30 bits per heavy atom. The average molecular weight is 339 g/mol. The Hall–Kier alpha value is -2.28. The van der Waals surface area contributed by atoms with Gasteiger partial charge < -0.3 is 5.11 Å². The smallest absolute Gasteiger partial charge is 0.312 e. The highest BCUT2D eigenvalue weighted by Crippen LogP contribution is 2.32. The van der Waals surface area contributed by atoms with Gasteiger partial charge in [-0.05, 0) is 30.3 Å². The van der Waals surface area contributed by atoms with Crippen LogP contribution in [0.1, 0.15) is 5.56 Å². The predicted molar refractivity (Wildman–Crippen MR) is 76.1 cm³/mol. The maximum Gasteiger partial charge on any atom is 0.312 e. The summed E-state index contributed by atoms with van der Waals surface area (Å²) in [6.45, 7) is 0. The molecule has 0 radical (unpaired) electrons. The van der Waals surface area contributed by atoms with Gasteiger partial charge in [0.1, 0.15) is 5.82 Å². The Kier molecular flexibility index (Phi) is 4.09. The van der Waals surface area contributed by atoms with E-state index in [4.69, 9.17) is 0 Å². The Morgan fingerprint density at radius 3 is 2.55 bits per heavy atom. The number of aromatic hydroxyl groups is 1. The van der Waals surface area contributed by atoms with E-state index in [-0.39, 0.29) is 11.4 Å². The molecule has 5 nitrogen and oxygen atoms in total. The van der Waals surface area contributed by atoms with Crippen molar-refractivity contribution < 1.29 is 14.4 Å². The molecule has 2 aromatic carbocycles. The topological polar surface area (TPSA) is 75.7 Å². The van der Waals surface area contributed by atoms with Crippen LogP contribution < -0.4 is 0 Å². The van der Waals surface area contributed by atoms with Gasteiger partial charge in [0.15, 0.2) is 0 Å². The summed E-state index contributed by atoms with van der Waals surface area (Å²) < 4.78 is 13.2. The fourth-order valence-corrected chi connectivity index (χ4v) is 1.98. The first-order valence-corrected chi connectivity index (χ1v) is 6.23. The molecule has 0 aliphatic rings. The first-order chi connectivity index (χ1) is 9.47. The average Bonchev–Trinajstić information content (AvgIpc) is 2.41. The minimum absolute atomic E-state index is 0.190. The van der Waals surface area contributed by atoms with Crippen molar-refractivity contribution in [3.63, 3.8) is 0 Å². The zero-order valence-corrected chi connectivity index (χ0v) is 11.5. The normalized spacial score (nSPS) is 10.9. The zero-order valence-electron chi connectivity index (χ0n) is 9.96. The number of phenolic OH excluding ortho intramolecular Hbond substituents is 1. The maximum absolute atomic E-state index is 12.7. The molecule has 1 N–H and O–H groups in total. The number of halogens is 2. The lowest BCUT2D eigenvalue weighted by Gasteiger charge is -2.01. The van der Waals surface area contributed by atoms with Crippen molar-refractivity contribution in [2.75, 3.05) is 0 Å². The van der Waals surface area contributed by atoms with E-state index in [1.807, 2.05) is 0 Å². The SMILES string of the molecule is O=[N+]([O-])c1cc(Br)cc(C=Nc2ccc(F)cc2)c1O. The van der Waals surface area contributed by atoms with Crippen LogP contribution in [0.5, 0.6) is 5.75 Å². The van der Waals surface area contributed by atoms with Crippen LogP contribution in [0, 0.1) is 15.9 Å². The fourth-order valence-electron chi connectivity index (χ4n) is 1.51. The molecule has 2 rings (SSSR count). The van der Waals surface area contributed by atoms with Crippen LogP contribution >= 0.6 is 15.9 Å². The quantitative estimate of drug-likeness (QED) is 0.523. The van der Waals surface area contributed by atoms with E-state index in [0.29, 0.717) is 10.2 Å². The molecular weight excluding hydrogens is 331 g/mol. The Bertz CT molecular complexity index is 687. The fraction of sp³-hybridized carbons (Fsp3) is 0. The van der Waals surface area contributed by atoms with Crippen LogP contribution in [0.25, 0.3) is 0 Å². The van der Waals surface area contributed by atoms with Gasteiger partial charge in [-0.15, -0.1) is 0 Å². The van der Waals surface area contributed by atoms with Crippen LogP contribution in [0.15, 0.2) is 45.9 Å². The van der Waals surface area contributed by atoms with E-state index in [2.05, 4.69) is 20.9 Å². The van der Waals surface area contributed by atoms with Crippen molar-refractivity contribution >= 4 is 33.5 Å². The second-order valence-corrected chi connectivity index (χ2v) is 4.77. The number of hydrogen-bond acceptors (Lipinski definition) is 4. The second-order valence-electron chi connectivity index (χ2n) is 3.85. The summed E-state index contributed by atoms with van der Waals surface area (Å²) in [5, 5.41) is 20.6. The summed E-state index contributed by atoms with van der Waals surface area (Å²) in [5.41, 5.74) is 0.240. The van der Waals surface area contributed by atoms with Gasteiger partial charge in [-0.1, -0.05) is 15.9 Å². The van der Waals surface area contributed by atoms with Gasteiger partial charge in [0, 0.05) is 22.3 Å². The van der Waals surface area contributed by atoms with Crippen LogP contribution in [0.3, 0.4) is 0 Å². The third kappa shape index (κ3) is 3.18. The number of phenols is 1. The highest BCUT2D eigenvalue weighted by molar-refractivity contribution is 9.10. The van der Waals surface area contributed by atoms with Gasteiger partial charge in [-0.25, -0.2) is 4.39 Å². The molecule has 0 aliphatic heterocycles. The number of aliphatic imine (C=N–C) groups is 1. The monoisotopic (exact) mass is 338 g/mol. The van der Waals surface area contributed by atoms with Gasteiger partial charge in [0.2, 0.25) is 5.75 Å². The van der Waals surface area contributed by atoms with Gasteiger partial charge in [-0.3, -0.25) is 15.1 Å². The first kappa shape index (κ1) is 14.1. The number of nitro benzene ring substituents is 1. The highest BCUT2D eigenvalue weighted by Gasteiger charge is 2.17. The first-order valence-electron chi connectivity index (χ1n) is 5.44. The number of benzene rings is 2. The van der Waals surface area contributed by atoms with Crippen molar-refractivity contribution in [2.24, 2.45) is 4.99 Å².